The first kappa shape index (κ1) is 28.9. The molecule has 4 aliphatic carbocycles. The summed E-state index contributed by atoms with van der Waals surface area (Å²) in [5.74, 6) is 2.52. The number of allylic oxidation sites excluding steroid dienone is 3. The average molecular weight is 511 g/mol. The summed E-state index contributed by atoms with van der Waals surface area (Å²) >= 11 is 0. The third kappa shape index (κ3) is 6.58. The number of ether oxygens (including phenoxy) is 1. The summed E-state index contributed by atoms with van der Waals surface area (Å²) in [6.07, 6.45) is 26.2. The van der Waals surface area contributed by atoms with Crippen molar-refractivity contribution >= 4 is 5.97 Å². The highest BCUT2D eigenvalue weighted by Gasteiger charge is 2.53. The first-order valence-corrected chi connectivity index (χ1v) is 16.4. The Morgan fingerprint density at radius 2 is 1.73 bits per heavy atom. The van der Waals surface area contributed by atoms with Gasteiger partial charge in [-0.3, -0.25) is 4.79 Å². The lowest BCUT2D eigenvalue weighted by Gasteiger charge is -2.53. The summed E-state index contributed by atoms with van der Waals surface area (Å²) in [7, 11) is 0. The van der Waals surface area contributed by atoms with Crippen molar-refractivity contribution in [2.75, 3.05) is 0 Å². The van der Waals surface area contributed by atoms with E-state index in [-0.39, 0.29) is 12.1 Å². The summed E-state index contributed by atoms with van der Waals surface area (Å²) in [6.45, 7) is 12.2. The molecule has 0 bridgehead atoms. The van der Waals surface area contributed by atoms with E-state index >= 15 is 0 Å². The van der Waals surface area contributed by atoms with E-state index in [9.17, 15) is 4.79 Å². The van der Waals surface area contributed by atoms with Gasteiger partial charge in [-0.15, -0.1) is 0 Å². The first-order valence-electron chi connectivity index (χ1n) is 16.4. The average Bonchev–Trinajstić information content (AvgIpc) is 3.20. The maximum Gasteiger partial charge on any atom is 0.306 e. The number of esters is 1. The van der Waals surface area contributed by atoms with Crippen LogP contribution < -0.4 is 0 Å². The van der Waals surface area contributed by atoms with E-state index in [2.05, 4.69) is 40.7 Å². The van der Waals surface area contributed by atoms with Crippen molar-refractivity contribution in [2.45, 2.75) is 163 Å². The van der Waals surface area contributed by atoms with Gasteiger partial charge in [0.25, 0.3) is 0 Å². The van der Waals surface area contributed by atoms with Gasteiger partial charge in [0.2, 0.25) is 0 Å². The van der Waals surface area contributed by atoms with Gasteiger partial charge in [-0.2, -0.15) is 0 Å². The zero-order valence-corrected chi connectivity index (χ0v) is 25.1. The normalized spacial score (nSPS) is 33.1. The predicted molar refractivity (Wildman–Crippen MR) is 156 cm³/mol. The lowest BCUT2D eigenvalue weighted by molar-refractivity contribution is -0.150. The lowest BCUT2D eigenvalue weighted by Crippen LogP contribution is -2.43. The molecule has 0 aromatic heterocycles. The molecule has 0 saturated heterocycles. The summed E-state index contributed by atoms with van der Waals surface area (Å²) in [5.41, 5.74) is 6.08. The van der Waals surface area contributed by atoms with Gasteiger partial charge in [0, 0.05) is 12.8 Å². The van der Waals surface area contributed by atoms with Crippen molar-refractivity contribution in [3.05, 3.63) is 22.8 Å². The molecule has 4 aliphatic rings. The Hall–Kier alpha value is -1.05. The Morgan fingerprint density at radius 3 is 2.51 bits per heavy atom. The van der Waals surface area contributed by atoms with E-state index < -0.39 is 0 Å². The fourth-order valence-electron chi connectivity index (χ4n) is 8.80. The van der Waals surface area contributed by atoms with Crippen molar-refractivity contribution in [1.82, 2.24) is 0 Å². The van der Waals surface area contributed by atoms with E-state index in [1.807, 2.05) is 11.1 Å². The van der Waals surface area contributed by atoms with Crippen molar-refractivity contribution in [2.24, 2.45) is 28.6 Å². The van der Waals surface area contributed by atoms with Gasteiger partial charge in [-0.25, -0.2) is 0 Å². The number of rotatable bonds is 13. The lowest BCUT2D eigenvalue weighted by atomic mass is 9.52. The van der Waals surface area contributed by atoms with Crippen LogP contribution in [-0.2, 0) is 9.53 Å². The molecule has 0 spiro atoms. The van der Waals surface area contributed by atoms with Crippen molar-refractivity contribution < 1.29 is 9.53 Å². The summed E-state index contributed by atoms with van der Waals surface area (Å²) in [4.78, 5) is 12.5. The summed E-state index contributed by atoms with van der Waals surface area (Å²) < 4.78 is 6.02. The maximum atomic E-state index is 12.5. The van der Waals surface area contributed by atoms with Gasteiger partial charge in [0.1, 0.15) is 6.10 Å². The highest BCUT2D eigenvalue weighted by Crippen LogP contribution is 2.64. The molecule has 0 heterocycles. The van der Waals surface area contributed by atoms with E-state index in [1.54, 1.807) is 5.57 Å². The van der Waals surface area contributed by atoms with Gasteiger partial charge in [-0.05, 0) is 86.4 Å². The van der Waals surface area contributed by atoms with E-state index in [4.69, 9.17) is 4.74 Å². The Kier molecular flexibility index (Phi) is 10.1. The zero-order chi connectivity index (χ0) is 26.5. The van der Waals surface area contributed by atoms with Crippen LogP contribution in [0.2, 0.25) is 0 Å². The fraction of sp³-hybridized carbons (Fsp3) is 0.857. The van der Waals surface area contributed by atoms with Crippen LogP contribution in [0.4, 0.5) is 0 Å². The van der Waals surface area contributed by atoms with Crippen LogP contribution in [-0.4, -0.2) is 12.1 Å². The van der Waals surface area contributed by atoms with Crippen LogP contribution in [0, 0.1) is 28.6 Å². The zero-order valence-electron chi connectivity index (χ0n) is 25.1. The van der Waals surface area contributed by atoms with Crippen LogP contribution in [0.15, 0.2) is 22.8 Å². The van der Waals surface area contributed by atoms with Crippen LogP contribution in [0.5, 0.6) is 0 Å². The van der Waals surface area contributed by atoms with E-state index in [0.717, 1.165) is 37.0 Å². The number of carbonyl (C=O) groups excluding carboxylic acids is 1. The molecular weight excluding hydrogens is 452 g/mol. The highest BCUT2D eigenvalue weighted by atomic mass is 16.5. The number of fused-ring (bicyclic) bond motifs is 4. The molecule has 2 heteroatoms. The minimum absolute atomic E-state index is 0.0436. The quantitative estimate of drug-likeness (QED) is 0.140. The van der Waals surface area contributed by atoms with E-state index in [0.29, 0.717) is 17.3 Å². The van der Waals surface area contributed by atoms with Crippen LogP contribution >= 0.6 is 0 Å². The van der Waals surface area contributed by atoms with Crippen LogP contribution in [0.25, 0.3) is 0 Å². The molecule has 210 valence electrons. The Balaban J connectivity index is 1.33. The number of hydrogen-bond donors (Lipinski definition) is 0. The molecule has 2 nitrogen and oxygen atoms in total. The molecule has 0 aromatic rings. The van der Waals surface area contributed by atoms with Gasteiger partial charge in [0.05, 0.1) is 0 Å². The summed E-state index contributed by atoms with van der Waals surface area (Å²) in [5, 5.41) is 0. The number of unbranched alkanes of at least 4 members (excludes halogenated alkanes) is 6. The molecule has 0 amide bonds. The molecule has 5 atom stereocenters. The largest absolute Gasteiger partial charge is 0.462 e. The first-order chi connectivity index (χ1) is 17.8. The minimum atomic E-state index is 0.0436. The minimum Gasteiger partial charge on any atom is -0.462 e. The standard InChI is InChI=1S/C35H58O2/c1-6-7-8-9-10-11-16-33(36)37-29-21-23-35(5)28(25-29)17-19-30-31-20-18-27(15-13-12-14-26(2)3)34(31,4)24-22-32(30)35/h17,26-27,29,32H,6-16,18-25H2,1-5H3/t27-,29-,32?,34+,35-/m0/s1. The predicted octanol–water partition coefficient (Wildman–Crippen LogP) is 10.5. The third-order valence-electron chi connectivity index (χ3n) is 11.2. The molecule has 2 fully saturated rings. The Labute approximate surface area is 229 Å². The monoisotopic (exact) mass is 510 g/mol. The van der Waals surface area contributed by atoms with Crippen molar-refractivity contribution in [3.63, 3.8) is 0 Å². The molecule has 4 rings (SSSR count). The SMILES string of the molecule is CCCCCCCCC(=O)O[C@H]1CC[C@@]2(C)C(=CCC3=C4CC[C@H](CCCCC(C)C)[C@@]4(C)CCC32)C1. The second kappa shape index (κ2) is 12.9. The fourth-order valence-corrected chi connectivity index (χ4v) is 8.80. The smallest absolute Gasteiger partial charge is 0.306 e. The summed E-state index contributed by atoms with van der Waals surface area (Å²) in [6, 6.07) is 0. The highest BCUT2D eigenvalue weighted by molar-refractivity contribution is 5.69. The second-order valence-electron chi connectivity index (χ2n) is 14.1. The molecule has 2 saturated carbocycles. The van der Waals surface area contributed by atoms with Crippen LogP contribution in [0.3, 0.4) is 0 Å². The molecule has 0 radical (unpaired) electrons. The number of hydrogen-bond acceptors (Lipinski definition) is 2. The maximum absolute atomic E-state index is 12.5. The molecule has 1 unspecified atom stereocenters. The van der Waals surface area contributed by atoms with Crippen molar-refractivity contribution in [1.29, 1.82) is 0 Å². The molecule has 0 aliphatic heterocycles. The second-order valence-corrected chi connectivity index (χ2v) is 14.1. The number of carbonyl (C=O) groups is 1. The van der Waals surface area contributed by atoms with Gasteiger partial charge >= 0.3 is 5.97 Å². The van der Waals surface area contributed by atoms with Gasteiger partial charge in [-0.1, -0.05) is 109 Å². The van der Waals surface area contributed by atoms with Crippen LogP contribution in [0.1, 0.15) is 157 Å². The van der Waals surface area contributed by atoms with Crippen molar-refractivity contribution in [3.8, 4) is 0 Å². The van der Waals surface area contributed by atoms with Gasteiger partial charge in [0.15, 0.2) is 0 Å². The Morgan fingerprint density at radius 1 is 0.973 bits per heavy atom. The molecular formula is C35H58O2. The molecule has 0 aromatic carbocycles. The molecule has 0 N–H and O–H groups in total. The topological polar surface area (TPSA) is 26.3 Å². The van der Waals surface area contributed by atoms with Gasteiger partial charge < -0.3 is 4.74 Å². The third-order valence-corrected chi connectivity index (χ3v) is 11.2. The van der Waals surface area contributed by atoms with E-state index in [1.165, 1.54) is 96.3 Å². The molecule has 37 heavy (non-hydrogen) atoms. The Bertz CT molecular complexity index is 834.